The first-order chi connectivity index (χ1) is 6.79. The van der Waals surface area contributed by atoms with Crippen LogP contribution in [0.3, 0.4) is 0 Å². The van der Waals surface area contributed by atoms with Gasteiger partial charge in [-0.15, -0.1) is 0 Å². The Labute approximate surface area is 91.8 Å². The number of hydrogen-bond donors (Lipinski definition) is 1. The summed E-state index contributed by atoms with van der Waals surface area (Å²) in [6, 6.07) is 0.150. The minimum absolute atomic E-state index is 0.150. The molecule has 2 N–H and O–H groups in total. The lowest BCUT2D eigenvalue weighted by Crippen LogP contribution is -2.37. The second-order valence-corrected chi connectivity index (χ2v) is 5.33. The molecule has 0 aromatic heterocycles. The summed E-state index contributed by atoms with van der Waals surface area (Å²) in [5.74, 6) is 0.414. The smallest absolute Gasteiger partial charge is 0.410 e. The van der Waals surface area contributed by atoms with Crippen molar-refractivity contribution in [3.8, 4) is 0 Å². The zero-order chi connectivity index (χ0) is 11.6. The van der Waals surface area contributed by atoms with Gasteiger partial charge < -0.3 is 15.4 Å². The van der Waals surface area contributed by atoms with Crippen LogP contribution in [0.15, 0.2) is 0 Å². The first-order valence-corrected chi connectivity index (χ1v) is 5.53. The van der Waals surface area contributed by atoms with Gasteiger partial charge in [0, 0.05) is 19.1 Å². The molecule has 0 bridgehead atoms. The second kappa shape index (κ2) is 4.39. The van der Waals surface area contributed by atoms with Crippen molar-refractivity contribution in [1.82, 2.24) is 4.90 Å². The van der Waals surface area contributed by atoms with E-state index in [9.17, 15) is 4.79 Å². The standard InChI is InChI=1S/C11H22N2O2/c1-8(12)9-5-6-13(7-9)10(14)15-11(2,3)4/h8-9H,5-7,12H2,1-4H3/t8-,9-/m0/s1. The van der Waals surface area contributed by atoms with E-state index in [1.54, 1.807) is 4.90 Å². The summed E-state index contributed by atoms with van der Waals surface area (Å²) in [5.41, 5.74) is 5.40. The summed E-state index contributed by atoms with van der Waals surface area (Å²) in [7, 11) is 0. The number of carbonyl (C=O) groups is 1. The van der Waals surface area contributed by atoms with Gasteiger partial charge in [-0.1, -0.05) is 0 Å². The third-order valence-corrected chi connectivity index (χ3v) is 2.62. The zero-order valence-corrected chi connectivity index (χ0v) is 10.1. The zero-order valence-electron chi connectivity index (χ0n) is 10.1. The van der Waals surface area contributed by atoms with E-state index >= 15 is 0 Å². The van der Waals surface area contributed by atoms with Crippen LogP contribution in [0.4, 0.5) is 4.79 Å². The normalized spacial score (nSPS) is 24.1. The summed E-state index contributed by atoms with van der Waals surface area (Å²) in [6.07, 6.45) is 0.766. The molecule has 1 saturated heterocycles. The highest BCUT2D eigenvalue weighted by Crippen LogP contribution is 2.20. The van der Waals surface area contributed by atoms with Gasteiger partial charge in [0.2, 0.25) is 0 Å². The number of nitrogens with zero attached hydrogens (tertiary/aromatic N) is 1. The molecule has 1 fully saturated rings. The fourth-order valence-corrected chi connectivity index (χ4v) is 1.71. The highest BCUT2D eigenvalue weighted by Gasteiger charge is 2.31. The highest BCUT2D eigenvalue weighted by molar-refractivity contribution is 5.68. The molecule has 1 amide bonds. The topological polar surface area (TPSA) is 55.6 Å². The minimum Gasteiger partial charge on any atom is -0.444 e. The molecule has 1 aliphatic rings. The summed E-state index contributed by atoms with van der Waals surface area (Å²) in [4.78, 5) is 13.4. The number of nitrogens with two attached hydrogens (primary N) is 1. The van der Waals surface area contributed by atoms with Crippen LogP contribution in [-0.2, 0) is 4.74 Å². The second-order valence-electron chi connectivity index (χ2n) is 5.33. The summed E-state index contributed by atoms with van der Waals surface area (Å²) >= 11 is 0. The first kappa shape index (κ1) is 12.3. The van der Waals surface area contributed by atoms with Crippen molar-refractivity contribution in [3.63, 3.8) is 0 Å². The van der Waals surface area contributed by atoms with Crippen LogP contribution in [0.25, 0.3) is 0 Å². The quantitative estimate of drug-likeness (QED) is 0.721. The molecule has 4 heteroatoms. The van der Waals surface area contributed by atoms with E-state index in [2.05, 4.69) is 0 Å². The Morgan fingerprint density at radius 3 is 2.53 bits per heavy atom. The van der Waals surface area contributed by atoms with E-state index in [0.29, 0.717) is 5.92 Å². The minimum atomic E-state index is -0.413. The van der Waals surface area contributed by atoms with Crippen molar-refractivity contribution in [3.05, 3.63) is 0 Å². The summed E-state index contributed by atoms with van der Waals surface area (Å²) in [6.45, 7) is 9.12. The maximum atomic E-state index is 11.7. The average Bonchev–Trinajstić information content (AvgIpc) is 2.47. The van der Waals surface area contributed by atoms with E-state index in [0.717, 1.165) is 19.5 Å². The van der Waals surface area contributed by atoms with Crippen LogP contribution in [-0.4, -0.2) is 35.7 Å². The third-order valence-electron chi connectivity index (χ3n) is 2.62. The molecule has 1 rings (SSSR count). The monoisotopic (exact) mass is 214 g/mol. The fourth-order valence-electron chi connectivity index (χ4n) is 1.71. The Kier molecular flexibility index (Phi) is 3.60. The predicted molar refractivity (Wildman–Crippen MR) is 59.6 cm³/mol. The van der Waals surface area contributed by atoms with Gasteiger partial charge in [0.25, 0.3) is 0 Å². The molecule has 15 heavy (non-hydrogen) atoms. The molecule has 1 aliphatic heterocycles. The van der Waals surface area contributed by atoms with Crippen molar-refractivity contribution in [2.75, 3.05) is 13.1 Å². The van der Waals surface area contributed by atoms with Crippen molar-refractivity contribution in [1.29, 1.82) is 0 Å². The Morgan fingerprint density at radius 1 is 1.53 bits per heavy atom. The molecule has 0 saturated carbocycles. The number of hydrogen-bond acceptors (Lipinski definition) is 3. The summed E-state index contributed by atoms with van der Waals surface area (Å²) in [5, 5.41) is 0. The predicted octanol–water partition coefficient (Wildman–Crippen LogP) is 1.59. The molecule has 0 aromatic rings. The largest absolute Gasteiger partial charge is 0.444 e. The molecule has 0 aliphatic carbocycles. The Bertz CT molecular complexity index is 233. The van der Waals surface area contributed by atoms with E-state index in [1.165, 1.54) is 0 Å². The molecule has 0 spiro atoms. The lowest BCUT2D eigenvalue weighted by atomic mass is 10.0. The van der Waals surface area contributed by atoms with Gasteiger partial charge in [-0.2, -0.15) is 0 Å². The van der Waals surface area contributed by atoms with E-state index < -0.39 is 5.60 Å². The van der Waals surface area contributed by atoms with E-state index in [-0.39, 0.29) is 12.1 Å². The van der Waals surface area contributed by atoms with E-state index in [1.807, 2.05) is 27.7 Å². The third kappa shape index (κ3) is 3.70. The molecule has 4 nitrogen and oxygen atoms in total. The molecule has 0 radical (unpaired) electrons. The van der Waals surface area contributed by atoms with Crippen molar-refractivity contribution < 1.29 is 9.53 Å². The average molecular weight is 214 g/mol. The highest BCUT2D eigenvalue weighted by atomic mass is 16.6. The number of likely N-dealkylation sites (tertiary alicyclic amines) is 1. The number of rotatable bonds is 1. The number of amides is 1. The number of carbonyl (C=O) groups excluding carboxylic acids is 1. The molecule has 88 valence electrons. The van der Waals surface area contributed by atoms with Crippen molar-refractivity contribution >= 4 is 6.09 Å². The van der Waals surface area contributed by atoms with Crippen LogP contribution in [0.1, 0.15) is 34.1 Å². The Hall–Kier alpha value is -0.770. The van der Waals surface area contributed by atoms with Gasteiger partial charge in [-0.05, 0) is 40.0 Å². The lowest BCUT2D eigenvalue weighted by molar-refractivity contribution is 0.0287. The van der Waals surface area contributed by atoms with Gasteiger partial charge in [0.1, 0.15) is 5.60 Å². The summed E-state index contributed by atoms with van der Waals surface area (Å²) < 4.78 is 5.30. The SMILES string of the molecule is C[C@H](N)[C@H]1CCN(C(=O)OC(C)(C)C)C1. The van der Waals surface area contributed by atoms with Gasteiger partial charge in [-0.3, -0.25) is 0 Å². The van der Waals surface area contributed by atoms with Crippen LogP contribution in [0.5, 0.6) is 0 Å². The Morgan fingerprint density at radius 2 is 2.13 bits per heavy atom. The molecular formula is C11H22N2O2. The molecule has 1 heterocycles. The van der Waals surface area contributed by atoms with Gasteiger partial charge in [0.05, 0.1) is 0 Å². The van der Waals surface area contributed by atoms with E-state index in [4.69, 9.17) is 10.5 Å². The lowest BCUT2D eigenvalue weighted by Gasteiger charge is -2.24. The fraction of sp³-hybridized carbons (Fsp3) is 0.909. The molecule has 0 unspecified atom stereocenters. The number of ether oxygens (including phenoxy) is 1. The van der Waals surface area contributed by atoms with Crippen LogP contribution in [0, 0.1) is 5.92 Å². The van der Waals surface area contributed by atoms with Crippen LogP contribution in [0.2, 0.25) is 0 Å². The maximum absolute atomic E-state index is 11.7. The molecule has 0 aromatic carbocycles. The van der Waals surface area contributed by atoms with Crippen molar-refractivity contribution in [2.45, 2.75) is 45.8 Å². The Balaban J connectivity index is 2.44. The van der Waals surface area contributed by atoms with Crippen LogP contribution >= 0.6 is 0 Å². The molecular weight excluding hydrogens is 192 g/mol. The van der Waals surface area contributed by atoms with Gasteiger partial charge in [-0.25, -0.2) is 4.79 Å². The van der Waals surface area contributed by atoms with Crippen molar-refractivity contribution in [2.24, 2.45) is 11.7 Å². The van der Waals surface area contributed by atoms with Gasteiger partial charge in [0.15, 0.2) is 0 Å². The van der Waals surface area contributed by atoms with Crippen LogP contribution < -0.4 is 5.73 Å². The van der Waals surface area contributed by atoms with Gasteiger partial charge >= 0.3 is 6.09 Å². The maximum Gasteiger partial charge on any atom is 0.410 e. The molecule has 2 atom stereocenters. The first-order valence-electron chi connectivity index (χ1n) is 5.53.